The molecule has 0 atom stereocenters. The third-order valence-electron chi connectivity index (χ3n) is 6.55. The lowest BCUT2D eigenvalue weighted by Crippen LogP contribution is -2.45. The van der Waals surface area contributed by atoms with Crippen LogP contribution in [-0.2, 0) is 19.5 Å². The summed E-state index contributed by atoms with van der Waals surface area (Å²) in [4.78, 5) is 16.9. The second kappa shape index (κ2) is 8.03. The van der Waals surface area contributed by atoms with Crippen LogP contribution in [0, 0.1) is 0 Å². The van der Waals surface area contributed by atoms with Crippen molar-refractivity contribution in [2.45, 2.75) is 19.5 Å². The molecule has 3 aromatic heterocycles. The van der Waals surface area contributed by atoms with Gasteiger partial charge in [0.15, 0.2) is 11.4 Å². The molecule has 8 nitrogen and oxygen atoms in total. The van der Waals surface area contributed by atoms with E-state index in [4.69, 9.17) is 19.5 Å². The van der Waals surface area contributed by atoms with E-state index in [-0.39, 0.29) is 0 Å². The first-order chi connectivity index (χ1) is 15.7. The van der Waals surface area contributed by atoms with Gasteiger partial charge in [0.1, 0.15) is 0 Å². The summed E-state index contributed by atoms with van der Waals surface area (Å²) in [5.74, 6) is 2.13. The van der Waals surface area contributed by atoms with Crippen molar-refractivity contribution in [2.75, 3.05) is 44.7 Å². The summed E-state index contributed by atoms with van der Waals surface area (Å²) in [5.41, 5.74) is 4.82. The van der Waals surface area contributed by atoms with Crippen LogP contribution in [0.2, 0.25) is 0 Å². The molecule has 2 aliphatic rings. The van der Waals surface area contributed by atoms with Gasteiger partial charge in [-0.05, 0) is 36.7 Å². The summed E-state index contributed by atoms with van der Waals surface area (Å²) in [6.45, 7) is 6.65. The highest BCUT2D eigenvalue weighted by atomic mass is 16.3. The molecule has 0 spiro atoms. The summed E-state index contributed by atoms with van der Waals surface area (Å²) in [6.07, 6.45) is 4.72. The van der Waals surface area contributed by atoms with Gasteiger partial charge in [-0.25, -0.2) is 9.97 Å². The number of nitrogens with zero attached hydrogens (tertiary/aromatic N) is 7. The van der Waals surface area contributed by atoms with Gasteiger partial charge in [0.05, 0.1) is 6.26 Å². The van der Waals surface area contributed by atoms with Gasteiger partial charge in [0.2, 0.25) is 11.8 Å². The quantitative estimate of drug-likeness (QED) is 0.494. The molecular weight excluding hydrogens is 402 g/mol. The van der Waals surface area contributed by atoms with E-state index in [2.05, 4.69) is 46.0 Å². The molecule has 8 heteroatoms. The zero-order valence-corrected chi connectivity index (χ0v) is 18.3. The van der Waals surface area contributed by atoms with Crippen LogP contribution >= 0.6 is 0 Å². The molecule has 5 heterocycles. The van der Waals surface area contributed by atoms with Crippen molar-refractivity contribution in [3.8, 4) is 11.6 Å². The monoisotopic (exact) mass is 429 g/mol. The van der Waals surface area contributed by atoms with Crippen LogP contribution in [0.3, 0.4) is 0 Å². The number of benzene rings is 1. The molecule has 164 valence electrons. The molecular formula is C24H27N7O. The van der Waals surface area contributed by atoms with Crippen LogP contribution in [0.25, 0.3) is 17.2 Å². The number of hydrogen-bond acceptors (Lipinski definition) is 7. The summed E-state index contributed by atoms with van der Waals surface area (Å²) in [5, 5.41) is 4.81. The summed E-state index contributed by atoms with van der Waals surface area (Å²) in [6, 6.07) is 12.5. The average Bonchev–Trinajstić information content (AvgIpc) is 3.50. The van der Waals surface area contributed by atoms with Gasteiger partial charge in [0, 0.05) is 57.6 Å². The van der Waals surface area contributed by atoms with Gasteiger partial charge in [0.25, 0.3) is 0 Å². The molecule has 0 amide bonds. The number of rotatable bonds is 4. The van der Waals surface area contributed by atoms with Crippen LogP contribution < -0.4 is 4.90 Å². The number of aromatic nitrogens is 4. The van der Waals surface area contributed by atoms with Crippen molar-refractivity contribution >= 4 is 11.6 Å². The van der Waals surface area contributed by atoms with Gasteiger partial charge < -0.3 is 14.2 Å². The Bertz CT molecular complexity index is 1220. The molecule has 32 heavy (non-hydrogen) atoms. The van der Waals surface area contributed by atoms with E-state index in [1.165, 1.54) is 11.1 Å². The predicted octanol–water partition coefficient (Wildman–Crippen LogP) is 2.69. The van der Waals surface area contributed by atoms with Crippen LogP contribution in [0.5, 0.6) is 0 Å². The highest BCUT2D eigenvalue weighted by molar-refractivity contribution is 5.58. The average molecular weight is 430 g/mol. The minimum Gasteiger partial charge on any atom is -0.461 e. The van der Waals surface area contributed by atoms with Crippen LogP contribution in [-0.4, -0.2) is 69.2 Å². The fourth-order valence-electron chi connectivity index (χ4n) is 4.68. The van der Waals surface area contributed by atoms with Gasteiger partial charge >= 0.3 is 0 Å². The summed E-state index contributed by atoms with van der Waals surface area (Å²) in [7, 11) is 2.16. The zero-order valence-electron chi connectivity index (χ0n) is 18.3. The Morgan fingerprint density at radius 3 is 2.62 bits per heavy atom. The van der Waals surface area contributed by atoms with Gasteiger partial charge in [-0.15, -0.1) is 5.10 Å². The minimum absolute atomic E-state index is 0.601. The molecule has 6 rings (SSSR count). The number of anilines is 1. The Hall–Kier alpha value is -3.23. The Labute approximate surface area is 187 Å². The smallest absolute Gasteiger partial charge is 0.228 e. The number of fused-ring (bicyclic) bond motifs is 2. The molecule has 1 aromatic carbocycles. The first-order valence-electron chi connectivity index (χ1n) is 11.3. The molecule has 0 aliphatic carbocycles. The molecule has 0 radical (unpaired) electrons. The van der Waals surface area contributed by atoms with Crippen molar-refractivity contribution < 1.29 is 4.42 Å². The number of hydrogen-bond donors (Lipinski definition) is 0. The normalized spacial score (nSPS) is 17.7. The van der Waals surface area contributed by atoms with Crippen molar-refractivity contribution in [3.05, 3.63) is 65.5 Å². The lowest BCUT2D eigenvalue weighted by Gasteiger charge is -2.33. The van der Waals surface area contributed by atoms with Crippen LogP contribution in [0.15, 0.2) is 53.3 Å². The molecule has 0 unspecified atom stereocenters. The molecule has 2 aliphatic heterocycles. The van der Waals surface area contributed by atoms with Crippen molar-refractivity contribution in [1.82, 2.24) is 29.4 Å². The molecule has 0 bridgehead atoms. The topological polar surface area (TPSA) is 65.9 Å². The van der Waals surface area contributed by atoms with E-state index in [1.807, 2.05) is 22.8 Å². The molecule has 4 aromatic rings. The van der Waals surface area contributed by atoms with Crippen molar-refractivity contribution in [1.29, 1.82) is 0 Å². The van der Waals surface area contributed by atoms with E-state index < -0.39 is 0 Å². The fourth-order valence-corrected chi connectivity index (χ4v) is 4.68. The van der Waals surface area contributed by atoms with E-state index >= 15 is 0 Å². The number of piperazine rings is 1. The van der Waals surface area contributed by atoms with Crippen LogP contribution in [0.4, 0.5) is 5.95 Å². The Kier molecular flexibility index (Phi) is 4.88. The molecule has 1 saturated heterocycles. The number of likely N-dealkylation sites (N-methyl/N-ethyl adjacent to an activating group) is 1. The van der Waals surface area contributed by atoms with Crippen molar-refractivity contribution in [3.63, 3.8) is 0 Å². The van der Waals surface area contributed by atoms with Crippen LogP contribution in [0.1, 0.15) is 16.7 Å². The van der Waals surface area contributed by atoms with E-state index in [0.717, 1.165) is 69.4 Å². The van der Waals surface area contributed by atoms with Gasteiger partial charge in [-0.3, -0.25) is 4.90 Å². The third kappa shape index (κ3) is 3.55. The largest absolute Gasteiger partial charge is 0.461 e. The van der Waals surface area contributed by atoms with Gasteiger partial charge in [-0.2, -0.15) is 4.52 Å². The Morgan fingerprint density at radius 2 is 1.81 bits per heavy atom. The summed E-state index contributed by atoms with van der Waals surface area (Å²) >= 11 is 0. The van der Waals surface area contributed by atoms with E-state index in [0.29, 0.717) is 11.6 Å². The second-order valence-corrected chi connectivity index (χ2v) is 8.75. The lowest BCUT2D eigenvalue weighted by atomic mass is 10.00. The number of furan rings is 1. The van der Waals surface area contributed by atoms with Gasteiger partial charge in [-0.1, -0.05) is 24.3 Å². The van der Waals surface area contributed by atoms with E-state index in [9.17, 15) is 0 Å². The first kappa shape index (κ1) is 19.5. The third-order valence-corrected chi connectivity index (χ3v) is 6.55. The first-order valence-corrected chi connectivity index (χ1v) is 11.3. The standard InChI is InChI=1S/C24H27N7O/c1-28-10-12-30(13-11-28)24-25-15-20(17-29-9-8-18-5-2-3-6-19(18)16-29)23-26-22(27-31(23)24)21-7-4-14-32-21/h2-7,14-15H,8-13,16-17H2,1H3. The SMILES string of the molecule is CN1CCN(c2ncc(CN3CCc4ccccc4C3)c3nc(-c4ccco4)nn23)CC1. The van der Waals surface area contributed by atoms with E-state index in [1.54, 1.807) is 6.26 Å². The Balaban J connectivity index is 1.36. The highest BCUT2D eigenvalue weighted by Crippen LogP contribution is 2.25. The maximum absolute atomic E-state index is 5.59. The predicted molar refractivity (Wildman–Crippen MR) is 122 cm³/mol. The second-order valence-electron chi connectivity index (χ2n) is 8.75. The molecule has 0 saturated carbocycles. The lowest BCUT2D eigenvalue weighted by molar-refractivity contribution is 0.245. The minimum atomic E-state index is 0.601. The van der Waals surface area contributed by atoms with Crippen molar-refractivity contribution in [2.24, 2.45) is 0 Å². The Morgan fingerprint density at radius 1 is 0.969 bits per heavy atom. The highest BCUT2D eigenvalue weighted by Gasteiger charge is 2.24. The maximum Gasteiger partial charge on any atom is 0.228 e. The zero-order chi connectivity index (χ0) is 21.5. The summed E-state index contributed by atoms with van der Waals surface area (Å²) < 4.78 is 7.50. The molecule has 0 N–H and O–H groups in total. The maximum atomic E-state index is 5.59. The fraction of sp³-hybridized carbons (Fsp3) is 0.375. The molecule has 1 fully saturated rings.